The first-order valence-corrected chi connectivity index (χ1v) is 3.16. The third-order valence-corrected chi connectivity index (χ3v) is 1.64. The molecule has 0 saturated heterocycles. The summed E-state index contributed by atoms with van der Waals surface area (Å²) in [4.78, 5) is 0. The van der Waals surface area contributed by atoms with Gasteiger partial charge in [0, 0.05) is 0 Å². The third-order valence-electron chi connectivity index (χ3n) is 0.763. The van der Waals surface area contributed by atoms with Crippen molar-refractivity contribution < 1.29 is 18.4 Å². The molecule has 1 aromatic rings. The Hall–Kier alpha value is -0.890. The summed E-state index contributed by atoms with van der Waals surface area (Å²) in [6.45, 7) is 0. The molecule has 0 bridgehead atoms. The van der Waals surface area contributed by atoms with Crippen LogP contribution < -0.4 is 5.48 Å². The molecule has 0 unspecified atom stereocenters. The van der Waals surface area contributed by atoms with Gasteiger partial charge in [0.1, 0.15) is 0 Å². The highest BCUT2D eigenvalue weighted by atomic mass is 32.1. The summed E-state index contributed by atoms with van der Waals surface area (Å²) in [5.41, 5.74) is 1.46. The van der Waals surface area contributed by atoms with Gasteiger partial charge in [-0.3, -0.25) is 5.21 Å². The van der Waals surface area contributed by atoms with Crippen LogP contribution in [0.2, 0.25) is 0 Å². The normalized spacial score (nSPS) is 11.6. The monoisotopic (exact) mass is 185 g/mol. The predicted molar refractivity (Wildman–Crippen MR) is 30.3 cm³/mol. The molecule has 11 heavy (non-hydrogen) atoms. The van der Waals surface area contributed by atoms with Crippen LogP contribution in [-0.2, 0) is 6.18 Å². The van der Waals surface area contributed by atoms with Gasteiger partial charge in [0.05, 0.1) is 0 Å². The molecule has 0 aliphatic heterocycles. The minimum absolute atomic E-state index is 0.231. The zero-order valence-electron chi connectivity index (χ0n) is 4.88. The fourth-order valence-corrected chi connectivity index (χ4v) is 0.891. The summed E-state index contributed by atoms with van der Waals surface area (Å²) in [6.07, 6.45) is -4.49. The second-order valence-electron chi connectivity index (χ2n) is 1.52. The van der Waals surface area contributed by atoms with E-state index in [1.165, 1.54) is 5.48 Å². The van der Waals surface area contributed by atoms with E-state index in [2.05, 4.69) is 10.2 Å². The molecule has 2 N–H and O–H groups in total. The van der Waals surface area contributed by atoms with Crippen LogP contribution in [0.1, 0.15) is 5.01 Å². The lowest BCUT2D eigenvalue weighted by molar-refractivity contribution is -0.138. The third kappa shape index (κ3) is 1.77. The standard InChI is InChI=1S/C3H2F3N3OS/c4-3(5,6)1-7-8-2(9-10)11-1/h10H,(H,8,9). The Kier molecular flexibility index (Phi) is 1.96. The highest BCUT2D eigenvalue weighted by molar-refractivity contribution is 7.15. The van der Waals surface area contributed by atoms with E-state index < -0.39 is 11.2 Å². The van der Waals surface area contributed by atoms with Crippen molar-refractivity contribution in [2.75, 3.05) is 5.48 Å². The topological polar surface area (TPSA) is 58.0 Å². The first kappa shape index (κ1) is 8.21. The van der Waals surface area contributed by atoms with Gasteiger partial charge in [-0.2, -0.15) is 13.2 Å². The maximum absolute atomic E-state index is 11.7. The van der Waals surface area contributed by atoms with Crippen LogP contribution in [0.4, 0.5) is 18.3 Å². The Morgan fingerprint density at radius 1 is 1.36 bits per heavy atom. The Labute approximate surface area is 62.6 Å². The molecule has 62 valence electrons. The number of rotatable bonds is 1. The molecular weight excluding hydrogens is 183 g/mol. The highest BCUT2D eigenvalue weighted by Crippen LogP contribution is 2.32. The zero-order valence-corrected chi connectivity index (χ0v) is 5.70. The minimum Gasteiger partial charge on any atom is -0.289 e. The number of anilines is 1. The van der Waals surface area contributed by atoms with E-state index in [4.69, 9.17) is 5.21 Å². The van der Waals surface area contributed by atoms with E-state index in [1.54, 1.807) is 0 Å². The second kappa shape index (κ2) is 2.62. The number of alkyl halides is 3. The van der Waals surface area contributed by atoms with Crippen molar-refractivity contribution in [3.05, 3.63) is 5.01 Å². The molecule has 0 aliphatic rings. The van der Waals surface area contributed by atoms with Crippen LogP contribution in [0.15, 0.2) is 0 Å². The molecule has 0 saturated carbocycles. The number of halogens is 3. The van der Waals surface area contributed by atoms with Gasteiger partial charge in [-0.15, -0.1) is 10.2 Å². The van der Waals surface area contributed by atoms with Crippen LogP contribution >= 0.6 is 11.3 Å². The van der Waals surface area contributed by atoms with Crippen molar-refractivity contribution in [1.82, 2.24) is 10.2 Å². The Balaban J connectivity index is 2.89. The van der Waals surface area contributed by atoms with E-state index >= 15 is 0 Å². The molecule has 1 heterocycles. The molecule has 0 amide bonds. The van der Waals surface area contributed by atoms with Gasteiger partial charge in [-0.05, 0) is 0 Å². The summed E-state index contributed by atoms with van der Waals surface area (Å²) in [7, 11) is 0. The molecule has 0 atom stereocenters. The van der Waals surface area contributed by atoms with Crippen molar-refractivity contribution in [2.45, 2.75) is 6.18 Å². The SMILES string of the molecule is ONc1nnc(C(F)(F)F)s1. The average molecular weight is 185 g/mol. The fourth-order valence-electron chi connectivity index (χ4n) is 0.383. The fraction of sp³-hybridized carbons (Fsp3) is 0.333. The summed E-state index contributed by atoms with van der Waals surface area (Å²) >= 11 is 0.231. The largest absolute Gasteiger partial charge is 0.445 e. The first-order chi connectivity index (χ1) is 5.04. The summed E-state index contributed by atoms with van der Waals surface area (Å²) in [5.74, 6) is 0. The molecule has 0 aliphatic carbocycles. The first-order valence-electron chi connectivity index (χ1n) is 2.35. The summed E-state index contributed by atoms with van der Waals surface area (Å²) in [6, 6.07) is 0. The Bertz CT molecular complexity index is 246. The molecule has 8 heteroatoms. The van der Waals surface area contributed by atoms with E-state index in [9.17, 15) is 13.2 Å². The lowest BCUT2D eigenvalue weighted by Gasteiger charge is -1.96. The highest BCUT2D eigenvalue weighted by Gasteiger charge is 2.35. The molecule has 0 fully saturated rings. The zero-order chi connectivity index (χ0) is 8.48. The van der Waals surface area contributed by atoms with Crippen LogP contribution in [0.25, 0.3) is 0 Å². The Morgan fingerprint density at radius 3 is 2.27 bits per heavy atom. The van der Waals surface area contributed by atoms with Gasteiger partial charge in [0.15, 0.2) is 0 Å². The number of hydrogen-bond acceptors (Lipinski definition) is 5. The van der Waals surface area contributed by atoms with E-state index in [1.807, 2.05) is 0 Å². The van der Waals surface area contributed by atoms with Crippen molar-refractivity contribution >= 4 is 16.5 Å². The van der Waals surface area contributed by atoms with Gasteiger partial charge >= 0.3 is 6.18 Å². The molecule has 0 radical (unpaired) electrons. The van der Waals surface area contributed by atoms with Gasteiger partial charge in [0.2, 0.25) is 10.1 Å². The van der Waals surface area contributed by atoms with Crippen LogP contribution in [0, 0.1) is 0 Å². The van der Waals surface area contributed by atoms with E-state index in [-0.39, 0.29) is 16.5 Å². The van der Waals surface area contributed by atoms with Crippen molar-refractivity contribution in [1.29, 1.82) is 0 Å². The van der Waals surface area contributed by atoms with Crippen LogP contribution in [0.5, 0.6) is 0 Å². The van der Waals surface area contributed by atoms with Gasteiger partial charge in [0.25, 0.3) is 0 Å². The average Bonchev–Trinajstić information content (AvgIpc) is 2.32. The molecule has 1 rings (SSSR count). The van der Waals surface area contributed by atoms with E-state index in [0.717, 1.165) is 0 Å². The minimum atomic E-state index is -4.49. The second-order valence-corrected chi connectivity index (χ2v) is 2.50. The number of nitrogens with one attached hydrogen (secondary N) is 1. The van der Waals surface area contributed by atoms with Crippen molar-refractivity contribution in [2.24, 2.45) is 0 Å². The van der Waals surface area contributed by atoms with Crippen LogP contribution in [0.3, 0.4) is 0 Å². The number of nitrogens with zero attached hydrogens (tertiary/aromatic N) is 2. The summed E-state index contributed by atoms with van der Waals surface area (Å²) in [5, 5.41) is 12.5. The maximum Gasteiger partial charge on any atom is 0.445 e. The molecule has 0 aromatic carbocycles. The number of hydrogen-bond donors (Lipinski definition) is 2. The summed E-state index contributed by atoms with van der Waals surface area (Å²) < 4.78 is 35.2. The lowest BCUT2D eigenvalue weighted by Crippen LogP contribution is -2.03. The Morgan fingerprint density at radius 2 is 2.00 bits per heavy atom. The van der Waals surface area contributed by atoms with Crippen molar-refractivity contribution in [3.63, 3.8) is 0 Å². The number of aromatic nitrogens is 2. The van der Waals surface area contributed by atoms with Crippen LogP contribution in [-0.4, -0.2) is 15.4 Å². The molecular formula is C3H2F3N3OS. The van der Waals surface area contributed by atoms with E-state index in [0.29, 0.717) is 0 Å². The molecule has 0 spiro atoms. The van der Waals surface area contributed by atoms with Gasteiger partial charge in [-0.25, -0.2) is 5.48 Å². The van der Waals surface area contributed by atoms with Gasteiger partial charge < -0.3 is 0 Å². The van der Waals surface area contributed by atoms with Gasteiger partial charge in [-0.1, -0.05) is 11.3 Å². The quantitative estimate of drug-likeness (QED) is 0.648. The van der Waals surface area contributed by atoms with Crippen molar-refractivity contribution in [3.8, 4) is 0 Å². The maximum atomic E-state index is 11.7. The predicted octanol–water partition coefficient (Wildman–Crippen LogP) is 1.36. The lowest BCUT2D eigenvalue weighted by atomic mass is 10.7. The smallest absolute Gasteiger partial charge is 0.289 e. The molecule has 4 nitrogen and oxygen atoms in total. The molecule has 1 aromatic heterocycles.